The van der Waals surface area contributed by atoms with Crippen molar-refractivity contribution in [2.24, 2.45) is 4.99 Å². The monoisotopic (exact) mass is 576 g/mol. The Morgan fingerprint density at radius 1 is 1.15 bits per heavy atom. The molecular weight excluding hydrogens is 532 g/mol. The van der Waals surface area contributed by atoms with Crippen LogP contribution in [0.3, 0.4) is 0 Å². The zero-order valence-corrected chi connectivity index (χ0v) is 25.2. The van der Waals surface area contributed by atoms with Gasteiger partial charge in [-0.3, -0.25) is 10.2 Å². The third kappa shape index (κ3) is 8.34. The van der Waals surface area contributed by atoms with Gasteiger partial charge in [0.05, 0.1) is 18.7 Å². The molecule has 2 saturated heterocycles. The maximum Gasteiger partial charge on any atom is 0.437 e. The van der Waals surface area contributed by atoms with Crippen molar-refractivity contribution in [3.05, 3.63) is 17.5 Å². The van der Waals surface area contributed by atoms with Crippen molar-refractivity contribution >= 4 is 24.2 Å². The molecule has 1 aromatic heterocycles. The molecule has 0 spiro atoms. The number of nitrogens with zero attached hydrogens (tertiary/aromatic N) is 4. The van der Waals surface area contributed by atoms with Gasteiger partial charge >= 0.3 is 18.2 Å². The minimum Gasteiger partial charge on any atom is -0.444 e. The maximum atomic E-state index is 13.0. The predicted molar refractivity (Wildman–Crippen MR) is 149 cm³/mol. The molecule has 3 heterocycles. The summed E-state index contributed by atoms with van der Waals surface area (Å²) in [5, 5.41) is 11.6. The van der Waals surface area contributed by atoms with Crippen LogP contribution in [0.4, 0.5) is 14.4 Å². The lowest BCUT2D eigenvalue weighted by atomic mass is 9.98. The first-order valence-electron chi connectivity index (χ1n) is 14.4. The van der Waals surface area contributed by atoms with Gasteiger partial charge < -0.3 is 24.2 Å². The quantitative estimate of drug-likeness (QED) is 0.252. The molecule has 2 bridgehead atoms. The van der Waals surface area contributed by atoms with Gasteiger partial charge in [-0.2, -0.15) is 5.06 Å². The summed E-state index contributed by atoms with van der Waals surface area (Å²) in [6.07, 6.45) is 3.87. The maximum absolute atomic E-state index is 13.0. The number of rotatable bonds is 8. The minimum atomic E-state index is -0.840. The molecule has 0 unspecified atom stereocenters. The summed E-state index contributed by atoms with van der Waals surface area (Å²) in [5.41, 5.74) is -1.28. The minimum absolute atomic E-state index is 0.0565. The van der Waals surface area contributed by atoms with Crippen molar-refractivity contribution in [3.8, 4) is 0 Å². The number of amides is 4. The Hall–Kier alpha value is -3.35. The highest BCUT2D eigenvalue weighted by Crippen LogP contribution is 2.41. The van der Waals surface area contributed by atoms with E-state index >= 15 is 0 Å². The van der Waals surface area contributed by atoms with Gasteiger partial charge in [0.1, 0.15) is 22.7 Å². The molecule has 4 rings (SSSR count). The van der Waals surface area contributed by atoms with Crippen molar-refractivity contribution in [1.29, 1.82) is 0 Å². The number of guanidine groups is 1. The molecule has 13 nitrogen and oxygen atoms in total. The van der Waals surface area contributed by atoms with Crippen molar-refractivity contribution in [3.63, 3.8) is 0 Å². The van der Waals surface area contributed by atoms with Crippen molar-refractivity contribution in [1.82, 2.24) is 25.8 Å². The van der Waals surface area contributed by atoms with Gasteiger partial charge in [-0.15, -0.1) is 4.99 Å². The van der Waals surface area contributed by atoms with E-state index in [9.17, 15) is 14.4 Å². The van der Waals surface area contributed by atoms with Crippen LogP contribution in [0.15, 0.2) is 15.6 Å². The predicted octanol–water partition coefficient (Wildman–Crippen LogP) is 4.83. The second-order valence-electron chi connectivity index (χ2n) is 13.1. The molecule has 2 aliphatic heterocycles. The SMILES string of the molecule is CCCCON1C(=O)N2C[C@@H]1CC[C@H]2c1cc(CC2(N/C(=N\C(=O)OC(C)(C)C)NC(=O)OC(C)(C)C)CC2)on1. The molecule has 0 aromatic carbocycles. The Kier molecular flexibility index (Phi) is 8.86. The number of piperidine rings is 1. The number of aliphatic imine (C=N–C) groups is 1. The van der Waals surface area contributed by atoms with Gasteiger partial charge in [-0.25, -0.2) is 14.4 Å². The van der Waals surface area contributed by atoms with E-state index in [-0.39, 0.29) is 24.1 Å². The van der Waals surface area contributed by atoms with Gasteiger partial charge in [0, 0.05) is 24.6 Å². The van der Waals surface area contributed by atoms with Crippen LogP contribution < -0.4 is 10.6 Å². The molecule has 13 heteroatoms. The number of aromatic nitrogens is 1. The lowest BCUT2D eigenvalue weighted by Crippen LogP contribution is -2.49. The van der Waals surface area contributed by atoms with Crippen LogP contribution in [-0.2, 0) is 20.7 Å². The largest absolute Gasteiger partial charge is 0.444 e. The number of nitrogens with one attached hydrogen (secondary N) is 2. The average molecular weight is 577 g/mol. The summed E-state index contributed by atoms with van der Waals surface area (Å²) >= 11 is 0. The third-order valence-corrected chi connectivity index (χ3v) is 6.94. The molecule has 1 saturated carbocycles. The van der Waals surface area contributed by atoms with E-state index in [1.807, 2.05) is 11.0 Å². The number of hydrogen-bond acceptors (Lipinski definition) is 8. The first-order chi connectivity index (χ1) is 19.2. The molecule has 3 aliphatic rings. The summed E-state index contributed by atoms with van der Waals surface area (Å²) in [6, 6.07) is 1.63. The van der Waals surface area contributed by atoms with Crippen molar-refractivity contribution < 1.29 is 33.2 Å². The number of hydroxylamine groups is 2. The average Bonchev–Trinajstić information content (AvgIpc) is 3.34. The van der Waals surface area contributed by atoms with Crippen LogP contribution in [0.1, 0.15) is 104 Å². The highest BCUT2D eigenvalue weighted by Gasteiger charge is 2.48. The number of alkyl carbamates (subject to hydrolysis) is 1. The van der Waals surface area contributed by atoms with Crippen molar-refractivity contribution in [2.75, 3.05) is 13.2 Å². The van der Waals surface area contributed by atoms with Gasteiger partial charge in [-0.1, -0.05) is 18.5 Å². The summed E-state index contributed by atoms with van der Waals surface area (Å²) in [6.45, 7) is 13.7. The van der Waals surface area contributed by atoms with Crippen LogP contribution >= 0.6 is 0 Å². The fraction of sp³-hybridized carbons (Fsp3) is 0.750. The van der Waals surface area contributed by atoms with Crippen LogP contribution in [0, 0.1) is 0 Å². The van der Waals surface area contributed by atoms with Crippen LogP contribution in [0.2, 0.25) is 0 Å². The molecule has 228 valence electrons. The second-order valence-corrected chi connectivity index (χ2v) is 13.1. The highest BCUT2D eigenvalue weighted by molar-refractivity contribution is 5.99. The summed E-state index contributed by atoms with van der Waals surface area (Å²) in [7, 11) is 0. The topological polar surface area (TPSA) is 148 Å². The molecule has 1 aromatic rings. The van der Waals surface area contributed by atoms with Crippen LogP contribution in [0.25, 0.3) is 0 Å². The van der Waals surface area contributed by atoms with E-state index in [1.54, 1.807) is 41.5 Å². The van der Waals surface area contributed by atoms with Crippen LogP contribution in [-0.4, -0.2) is 75.2 Å². The Morgan fingerprint density at radius 2 is 1.85 bits per heavy atom. The number of hydrogen-bond donors (Lipinski definition) is 2. The van der Waals surface area contributed by atoms with Gasteiger partial charge in [0.2, 0.25) is 5.96 Å². The molecule has 2 N–H and O–H groups in total. The van der Waals surface area contributed by atoms with E-state index in [0.717, 1.165) is 38.5 Å². The standard InChI is InChI=1S/C28H44N6O7/c1-8-9-14-38-34-18-10-11-21(33(17-18)25(34)37)20-15-19(41-32-20)16-28(12-13-28)31-22(29-23(35)39-26(2,3)4)30-24(36)40-27(5,6)7/h15,18,21H,8-14,16-17H2,1-7H3,(H2,29,30,31,35,36)/t18-,21-/m0/s1. The fourth-order valence-electron chi connectivity index (χ4n) is 4.93. The molecule has 2 atom stereocenters. The molecule has 3 fully saturated rings. The molecule has 4 amide bonds. The zero-order valence-electron chi connectivity index (χ0n) is 25.2. The smallest absolute Gasteiger partial charge is 0.437 e. The second kappa shape index (κ2) is 11.9. The summed E-state index contributed by atoms with van der Waals surface area (Å²) in [4.78, 5) is 49.5. The normalized spacial score (nSPS) is 22.0. The number of carbonyl (C=O) groups is 3. The molecule has 1 aliphatic carbocycles. The number of ether oxygens (including phenoxy) is 2. The van der Waals surface area contributed by atoms with Gasteiger partial charge in [0.25, 0.3) is 0 Å². The summed E-state index contributed by atoms with van der Waals surface area (Å²) in [5.74, 6) is 0.568. The Labute approximate surface area is 241 Å². The van der Waals surface area contributed by atoms with Gasteiger partial charge in [-0.05, 0) is 73.6 Å². The van der Waals surface area contributed by atoms with Crippen LogP contribution in [0.5, 0.6) is 0 Å². The number of unbranched alkanes of at least 4 members (excludes halogenated alkanes) is 1. The Bertz CT molecular complexity index is 1150. The number of fused-ring (bicyclic) bond motifs is 2. The fourth-order valence-corrected chi connectivity index (χ4v) is 4.93. The number of urea groups is 1. The third-order valence-electron chi connectivity index (χ3n) is 6.94. The molecule has 41 heavy (non-hydrogen) atoms. The summed E-state index contributed by atoms with van der Waals surface area (Å²) < 4.78 is 16.4. The lowest BCUT2D eigenvalue weighted by molar-refractivity contribution is -0.130. The van der Waals surface area contributed by atoms with E-state index < -0.39 is 28.9 Å². The molecular formula is C28H44N6O7. The first-order valence-corrected chi connectivity index (χ1v) is 14.4. The lowest BCUT2D eigenvalue weighted by Gasteiger charge is -2.28. The Balaban J connectivity index is 1.42. The van der Waals surface area contributed by atoms with Gasteiger partial charge in [0.15, 0.2) is 0 Å². The Morgan fingerprint density at radius 3 is 2.49 bits per heavy atom. The van der Waals surface area contributed by atoms with E-state index in [2.05, 4.69) is 27.7 Å². The highest BCUT2D eigenvalue weighted by atomic mass is 16.7. The van der Waals surface area contributed by atoms with E-state index in [4.69, 9.17) is 18.8 Å². The molecule has 0 radical (unpaired) electrons. The van der Waals surface area contributed by atoms with E-state index in [0.29, 0.717) is 31.0 Å². The number of carbonyl (C=O) groups excluding carboxylic acids is 3. The van der Waals surface area contributed by atoms with Crippen molar-refractivity contribution in [2.45, 2.75) is 122 Å². The van der Waals surface area contributed by atoms with E-state index in [1.165, 1.54) is 5.06 Å². The first kappa shape index (κ1) is 30.6. The zero-order chi connectivity index (χ0) is 30.0.